The Labute approximate surface area is 145 Å². The topological polar surface area (TPSA) is 17.6 Å². The maximum atomic E-state index is 2.39. The summed E-state index contributed by atoms with van der Waals surface area (Å²) in [6.45, 7) is 18.0. The summed E-state index contributed by atoms with van der Waals surface area (Å²) >= 11 is 0. The minimum atomic E-state index is 0.449. The number of aromatic nitrogens is 4. The van der Waals surface area contributed by atoms with Crippen LogP contribution >= 0.6 is 0 Å². The highest BCUT2D eigenvalue weighted by Crippen LogP contribution is 2.25. The summed E-state index contributed by atoms with van der Waals surface area (Å²) in [6, 6.07) is 6.55. The van der Waals surface area contributed by atoms with Gasteiger partial charge in [-0.15, -0.1) is 0 Å². The molecule has 2 heterocycles. The fourth-order valence-electron chi connectivity index (χ4n) is 3.54. The maximum absolute atomic E-state index is 2.39. The number of imidazole rings is 2. The summed E-state index contributed by atoms with van der Waals surface area (Å²) < 4.78 is 9.58. The smallest absolute Gasteiger partial charge is 0.228 e. The highest BCUT2D eigenvalue weighted by molar-refractivity contribution is 5.88. The first kappa shape index (κ1) is 17.0. The number of fused-ring (bicyclic) bond motifs is 2. The largest absolute Gasteiger partial charge is 0.245 e. The highest BCUT2D eigenvalue weighted by Gasteiger charge is 2.27. The second kappa shape index (κ2) is 5.91. The lowest BCUT2D eigenvalue weighted by atomic mass is 10.2. The van der Waals surface area contributed by atoms with Gasteiger partial charge in [-0.05, 0) is 55.4 Å². The molecule has 3 rings (SSSR count). The molecule has 24 heavy (non-hydrogen) atoms. The zero-order valence-electron chi connectivity index (χ0n) is 16.4. The van der Waals surface area contributed by atoms with Crippen molar-refractivity contribution in [1.29, 1.82) is 0 Å². The molecule has 0 aliphatic heterocycles. The quantitative estimate of drug-likeness (QED) is 0.628. The summed E-state index contributed by atoms with van der Waals surface area (Å²) in [6.07, 6.45) is 4.55. The molecule has 0 aliphatic rings. The summed E-state index contributed by atoms with van der Waals surface area (Å²) in [4.78, 5) is 0. The third kappa shape index (κ3) is 2.52. The van der Waals surface area contributed by atoms with Gasteiger partial charge < -0.3 is 0 Å². The SMILES string of the molecule is CC(C)n1c[n+](C(C)C)c2cc3c(cc21)n(C(C)C)c[n+]3C(C)C. The molecule has 0 unspecified atom stereocenters. The maximum Gasteiger partial charge on any atom is 0.245 e. The van der Waals surface area contributed by atoms with Gasteiger partial charge in [0.25, 0.3) is 0 Å². The molecule has 0 radical (unpaired) electrons. The number of hydrogen-bond donors (Lipinski definition) is 0. The van der Waals surface area contributed by atoms with Crippen LogP contribution in [0.4, 0.5) is 0 Å². The van der Waals surface area contributed by atoms with Crippen molar-refractivity contribution in [2.24, 2.45) is 0 Å². The van der Waals surface area contributed by atoms with Crippen molar-refractivity contribution in [3.63, 3.8) is 0 Å². The van der Waals surface area contributed by atoms with Crippen LogP contribution in [0.3, 0.4) is 0 Å². The van der Waals surface area contributed by atoms with Crippen molar-refractivity contribution in [2.75, 3.05) is 0 Å². The van der Waals surface area contributed by atoms with Crippen LogP contribution in [-0.4, -0.2) is 9.13 Å². The summed E-state index contributed by atoms with van der Waals surface area (Å²) in [5.41, 5.74) is 5.29. The van der Waals surface area contributed by atoms with E-state index in [1.54, 1.807) is 0 Å². The first-order chi connectivity index (χ1) is 11.2. The number of hydrogen-bond acceptors (Lipinski definition) is 0. The van der Waals surface area contributed by atoms with Crippen molar-refractivity contribution in [3.05, 3.63) is 24.8 Å². The molecule has 0 aliphatic carbocycles. The molecule has 2 aromatic heterocycles. The number of rotatable bonds is 4. The molecule has 0 atom stereocenters. The molecule has 0 saturated carbocycles. The van der Waals surface area contributed by atoms with E-state index in [4.69, 9.17) is 0 Å². The van der Waals surface area contributed by atoms with E-state index >= 15 is 0 Å². The average Bonchev–Trinajstić information content (AvgIpc) is 3.02. The van der Waals surface area contributed by atoms with Crippen molar-refractivity contribution in [1.82, 2.24) is 9.13 Å². The van der Waals surface area contributed by atoms with E-state index in [1.807, 2.05) is 0 Å². The van der Waals surface area contributed by atoms with Gasteiger partial charge in [0.1, 0.15) is 0 Å². The lowest BCUT2D eigenvalue weighted by Gasteiger charge is -2.02. The second-order valence-corrected chi connectivity index (χ2v) is 8.06. The van der Waals surface area contributed by atoms with Gasteiger partial charge in [0.2, 0.25) is 12.7 Å². The molecule has 0 N–H and O–H groups in total. The third-order valence-electron chi connectivity index (χ3n) is 4.91. The minimum absolute atomic E-state index is 0.449. The average molecular weight is 329 g/mol. The van der Waals surface area contributed by atoms with E-state index in [0.29, 0.717) is 24.2 Å². The summed E-state index contributed by atoms with van der Waals surface area (Å²) in [5, 5.41) is 0. The Morgan fingerprint density at radius 2 is 1.00 bits per heavy atom. The van der Waals surface area contributed by atoms with Gasteiger partial charge in [-0.25, -0.2) is 18.3 Å². The van der Waals surface area contributed by atoms with Crippen LogP contribution in [0.15, 0.2) is 24.8 Å². The molecular weight excluding hydrogens is 296 g/mol. The molecule has 1 aromatic carbocycles. The fraction of sp³-hybridized carbons (Fsp3) is 0.600. The van der Waals surface area contributed by atoms with Gasteiger partial charge >= 0.3 is 0 Å². The van der Waals surface area contributed by atoms with Crippen molar-refractivity contribution in [2.45, 2.75) is 79.6 Å². The van der Waals surface area contributed by atoms with Gasteiger partial charge in [0.15, 0.2) is 22.1 Å². The van der Waals surface area contributed by atoms with Crippen molar-refractivity contribution < 1.29 is 9.13 Å². The van der Waals surface area contributed by atoms with Crippen LogP contribution in [-0.2, 0) is 0 Å². The second-order valence-electron chi connectivity index (χ2n) is 8.06. The van der Waals surface area contributed by atoms with Crippen LogP contribution in [0.5, 0.6) is 0 Å². The molecule has 4 heteroatoms. The first-order valence-corrected chi connectivity index (χ1v) is 9.23. The van der Waals surface area contributed by atoms with E-state index in [1.165, 1.54) is 22.1 Å². The Hall–Kier alpha value is -1.84. The molecule has 4 nitrogen and oxygen atoms in total. The monoisotopic (exact) mass is 328 g/mol. The molecule has 0 amide bonds. The zero-order valence-corrected chi connectivity index (χ0v) is 16.4. The fourth-order valence-corrected chi connectivity index (χ4v) is 3.54. The predicted molar refractivity (Wildman–Crippen MR) is 99.4 cm³/mol. The first-order valence-electron chi connectivity index (χ1n) is 9.23. The molecule has 0 spiro atoms. The van der Waals surface area contributed by atoms with E-state index in [2.05, 4.69) is 98.4 Å². The van der Waals surface area contributed by atoms with Crippen LogP contribution < -0.4 is 9.13 Å². The highest BCUT2D eigenvalue weighted by atomic mass is 15.2. The molecule has 0 saturated heterocycles. The van der Waals surface area contributed by atoms with Crippen molar-refractivity contribution >= 4 is 22.1 Å². The Morgan fingerprint density at radius 3 is 1.29 bits per heavy atom. The van der Waals surface area contributed by atoms with Gasteiger partial charge in [-0.2, -0.15) is 0 Å². The van der Waals surface area contributed by atoms with Crippen LogP contribution in [0.1, 0.15) is 79.6 Å². The lowest BCUT2D eigenvalue weighted by Crippen LogP contribution is -2.36. The van der Waals surface area contributed by atoms with Crippen LogP contribution in [0, 0.1) is 0 Å². The molecule has 0 bridgehead atoms. The Balaban J connectivity index is 2.45. The van der Waals surface area contributed by atoms with Crippen molar-refractivity contribution in [3.8, 4) is 0 Å². The van der Waals surface area contributed by atoms with Crippen LogP contribution in [0.25, 0.3) is 22.1 Å². The zero-order chi connectivity index (χ0) is 17.8. The van der Waals surface area contributed by atoms with E-state index in [9.17, 15) is 0 Å². The number of benzene rings is 1. The Kier molecular flexibility index (Phi) is 4.18. The van der Waals surface area contributed by atoms with Gasteiger partial charge in [-0.1, -0.05) is 0 Å². The number of nitrogens with zero attached hydrogens (tertiary/aromatic N) is 4. The summed E-state index contributed by atoms with van der Waals surface area (Å²) in [7, 11) is 0. The molecule has 3 aromatic rings. The van der Waals surface area contributed by atoms with Crippen LogP contribution in [0.2, 0.25) is 0 Å². The van der Waals surface area contributed by atoms with E-state index in [0.717, 1.165) is 0 Å². The van der Waals surface area contributed by atoms with E-state index in [-0.39, 0.29) is 0 Å². The molecule has 130 valence electrons. The predicted octanol–water partition coefficient (Wildman–Crippen LogP) is 4.49. The third-order valence-corrected chi connectivity index (χ3v) is 4.91. The van der Waals surface area contributed by atoms with Gasteiger partial charge in [0.05, 0.1) is 24.2 Å². The lowest BCUT2D eigenvalue weighted by molar-refractivity contribution is -0.695. The normalized spacial score (nSPS) is 12.8. The minimum Gasteiger partial charge on any atom is -0.228 e. The van der Waals surface area contributed by atoms with E-state index < -0.39 is 0 Å². The Morgan fingerprint density at radius 1 is 0.625 bits per heavy atom. The Bertz CT molecular complexity index is 739. The van der Waals surface area contributed by atoms with Gasteiger partial charge in [-0.3, -0.25) is 0 Å². The standard InChI is InChI=1S/C20H32N4/c1-13(2)21-11-22(14(3)4)18-10-20-19(9-17(18)21)23(15(5)6)12-24(20)16(7)8/h9-16H,1-8H3/q+2. The summed E-state index contributed by atoms with van der Waals surface area (Å²) in [5.74, 6) is 0. The molecular formula is C20H32N4+2. The molecule has 0 fully saturated rings. The van der Waals surface area contributed by atoms with Gasteiger partial charge in [0, 0.05) is 12.1 Å².